The van der Waals surface area contributed by atoms with Crippen molar-refractivity contribution in [2.75, 3.05) is 32.9 Å². The number of benzene rings is 14. The van der Waals surface area contributed by atoms with Crippen LogP contribution in [0.25, 0.3) is 11.1 Å². The number of halogens is 2. The number of aromatic hydroxyl groups is 4. The number of aliphatic hydroxyl groups excluding tert-OH is 6. The van der Waals surface area contributed by atoms with E-state index in [1.54, 1.807) is 48.5 Å². The lowest BCUT2D eigenvalue weighted by Gasteiger charge is -2.37. The van der Waals surface area contributed by atoms with E-state index in [2.05, 4.69) is 137 Å². The van der Waals surface area contributed by atoms with E-state index in [0.29, 0.717) is 42.0 Å². The maximum absolute atomic E-state index is 12.6. The van der Waals surface area contributed by atoms with E-state index >= 15 is 0 Å². The van der Waals surface area contributed by atoms with Crippen LogP contribution in [0.15, 0.2) is 344 Å². The summed E-state index contributed by atoms with van der Waals surface area (Å²) in [6.45, 7) is 40.7. The standard InChI is InChI=1S/2C23H22O2.C23H20O2.C17H16O2.C11H12O2.C7H8O.C6H5Br.C6H12FNO.9C2H6/c3*24-15-16-6-12-22-19(14-16)9-13-21(17-4-2-1-3-5-17)23(22)18-7-10-20(25)11-8-18;18-11-12-6-8-16-14(10-12)7-9-15(17(16)19)13-4-2-1-3-5-13;12-7-8-4-5-10-9(6-8)2-1-3-11(10)13;1-6-2-4-7(8)5-3-6;7-6-4-2-1-3-5-6;7-3-6-4-8(5-6)1-2-9;9*1-2/h2*1-8,10-12,14,21,23-25H,9,13,15H2;1-8,10-12,14,24-25H,9,13,15H2;1-6,8,10,15,18H,7,9,11H2;4-6,12H,1-3,7H2;2-5,8H,1H3;1-5H;6,9H,1-5H2;9*1-2H3/t2*21-,23+;;;;;;;;;;;;;;;/m10.............../s1. The first kappa shape index (κ1) is 129. The van der Waals surface area contributed by atoms with Crippen LogP contribution in [0.1, 0.15) is 330 Å². The summed E-state index contributed by atoms with van der Waals surface area (Å²) in [5, 5.41) is 92.6. The predicted molar refractivity (Wildman–Crippen MR) is 627 cm³/mol. The minimum absolute atomic E-state index is 0.0197. The van der Waals surface area contributed by atoms with Gasteiger partial charge in [-0.2, -0.15) is 0 Å². The van der Waals surface area contributed by atoms with Gasteiger partial charge in [-0.25, -0.2) is 0 Å². The van der Waals surface area contributed by atoms with Crippen LogP contribution >= 0.6 is 15.9 Å². The van der Waals surface area contributed by atoms with Crippen molar-refractivity contribution in [1.29, 1.82) is 0 Å². The minimum atomic E-state index is -0.206. The number of aryl methyl sites for hydroxylation is 6. The largest absolute Gasteiger partial charge is 0.508 e. The normalized spacial score (nSPS) is 15.1. The fraction of sp³-hybridized carbons (Fsp3) is 0.343. The lowest BCUT2D eigenvalue weighted by Crippen LogP contribution is -2.48. The second kappa shape index (κ2) is 74.4. The number of likely N-dealkylation sites (tertiary alicyclic amines) is 1. The molecule has 0 spiro atoms. The van der Waals surface area contributed by atoms with Crippen LogP contribution in [0.3, 0.4) is 0 Å². The monoisotopic (exact) mass is 2080 g/mol. The van der Waals surface area contributed by atoms with E-state index in [4.69, 9.17) is 20.4 Å². The lowest BCUT2D eigenvalue weighted by atomic mass is 9.69. The molecule has 798 valence electrons. The van der Waals surface area contributed by atoms with Crippen molar-refractivity contribution in [2.45, 2.75) is 265 Å². The highest BCUT2D eigenvalue weighted by molar-refractivity contribution is 9.10. The number of carbonyl (C=O) groups excluding carboxylic acids is 2. The van der Waals surface area contributed by atoms with Crippen LogP contribution in [0.2, 0.25) is 0 Å². The number of aliphatic hydroxyl groups is 6. The topological polar surface area (TPSA) is 240 Å². The van der Waals surface area contributed by atoms with Gasteiger partial charge in [-0.15, -0.1) is 0 Å². The average Bonchev–Trinajstić information content (AvgIpc) is 0.780. The Balaban J connectivity index is 0.000000357. The summed E-state index contributed by atoms with van der Waals surface area (Å²) in [4.78, 5) is 26.0. The van der Waals surface area contributed by atoms with Gasteiger partial charge in [-0.05, 0) is 266 Å². The molecule has 14 aromatic carbocycles. The van der Waals surface area contributed by atoms with Crippen molar-refractivity contribution in [3.63, 3.8) is 0 Å². The Morgan fingerprint density at radius 3 is 1.03 bits per heavy atom. The number of hydrogen-bond donors (Lipinski definition) is 10. The molecule has 14 aromatic rings. The summed E-state index contributed by atoms with van der Waals surface area (Å²) in [5.41, 5.74) is 28.7. The molecule has 0 bridgehead atoms. The summed E-state index contributed by atoms with van der Waals surface area (Å²) in [5.74, 6) is 3.23. The number of fused-ring (bicyclic) bond motifs is 5. The van der Waals surface area contributed by atoms with Crippen molar-refractivity contribution in [2.24, 2.45) is 5.92 Å². The number of phenolic OH excluding ortho intramolecular Hbond substituents is 4. The highest BCUT2D eigenvalue weighted by Crippen LogP contribution is 2.50. The Bertz CT molecular complexity index is 5830. The minimum Gasteiger partial charge on any atom is -0.508 e. The Hall–Kier alpha value is -12.5. The third kappa shape index (κ3) is 40.1. The van der Waals surface area contributed by atoms with Crippen LogP contribution in [0.5, 0.6) is 23.0 Å². The zero-order valence-corrected chi connectivity index (χ0v) is 93.7. The molecular formula is C134H171BrFNO12. The van der Waals surface area contributed by atoms with E-state index in [-0.39, 0.29) is 87.3 Å². The third-order valence-electron chi connectivity index (χ3n) is 25.3. The maximum Gasteiger partial charge on any atom is 0.170 e. The average molecular weight is 2090 g/mol. The maximum atomic E-state index is 12.6. The smallest absolute Gasteiger partial charge is 0.170 e. The van der Waals surface area contributed by atoms with Gasteiger partial charge in [-0.1, -0.05) is 425 Å². The second-order valence-electron chi connectivity index (χ2n) is 34.1. The van der Waals surface area contributed by atoms with Crippen LogP contribution < -0.4 is 0 Å². The third-order valence-corrected chi connectivity index (χ3v) is 25.8. The summed E-state index contributed by atoms with van der Waals surface area (Å²) in [6, 6.07) is 112. The highest BCUT2D eigenvalue weighted by Gasteiger charge is 2.35. The van der Waals surface area contributed by atoms with Crippen molar-refractivity contribution < 1.29 is 65.0 Å². The molecule has 0 amide bonds. The van der Waals surface area contributed by atoms with E-state index < -0.39 is 0 Å². The molecule has 1 aliphatic heterocycles. The Labute approximate surface area is 901 Å². The van der Waals surface area contributed by atoms with Gasteiger partial charge in [0, 0.05) is 65.3 Å². The molecule has 10 N–H and O–H groups in total. The summed E-state index contributed by atoms with van der Waals surface area (Å²) >= 11 is 3.31. The molecule has 149 heavy (non-hydrogen) atoms. The first-order chi connectivity index (χ1) is 72.9. The molecule has 6 aliphatic rings. The Morgan fingerprint density at radius 2 is 0.651 bits per heavy atom. The van der Waals surface area contributed by atoms with Crippen molar-refractivity contribution in [3.8, 4) is 23.0 Å². The van der Waals surface area contributed by atoms with Gasteiger partial charge in [-0.3, -0.25) is 14.0 Å². The Kier molecular flexibility index (Phi) is 64.3. The van der Waals surface area contributed by atoms with Gasteiger partial charge in [0.15, 0.2) is 11.6 Å². The Morgan fingerprint density at radius 1 is 0.315 bits per heavy atom. The molecule has 15 heteroatoms. The van der Waals surface area contributed by atoms with Crippen LogP contribution in [0.4, 0.5) is 4.39 Å². The van der Waals surface area contributed by atoms with Crippen LogP contribution in [0, 0.1) is 12.8 Å². The molecule has 20 rings (SSSR count). The molecule has 5 aliphatic carbocycles. The van der Waals surface area contributed by atoms with E-state index in [9.17, 15) is 44.6 Å². The number of hydrogen-bond acceptors (Lipinski definition) is 13. The van der Waals surface area contributed by atoms with Crippen molar-refractivity contribution >= 4 is 38.6 Å². The lowest BCUT2D eigenvalue weighted by molar-refractivity contribution is 0.0630. The van der Waals surface area contributed by atoms with Gasteiger partial charge < -0.3 is 56.0 Å². The molecule has 1 saturated heterocycles. The number of carbonyl (C=O) groups is 2. The summed E-state index contributed by atoms with van der Waals surface area (Å²) < 4.78 is 12.9. The number of allylic oxidation sites excluding steroid dienone is 1. The molecule has 5 atom stereocenters. The molecule has 0 aromatic heterocycles. The number of alkyl halides is 1. The molecular weight excluding hydrogens is 1910 g/mol. The van der Waals surface area contributed by atoms with Gasteiger partial charge in [0.2, 0.25) is 0 Å². The van der Waals surface area contributed by atoms with E-state index in [1.165, 1.54) is 77.9 Å². The molecule has 1 fully saturated rings. The number of phenols is 4. The number of Topliss-reactive ketones (excluding diaryl/α,β-unsaturated/α-hetero) is 2. The fourth-order valence-electron chi connectivity index (χ4n) is 18.5. The molecule has 1 unspecified atom stereocenters. The predicted octanol–water partition coefficient (Wildman–Crippen LogP) is 32.3. The highest BCUT2D eigenvalue weighted by atomic mass is 79.9. The first-order valence-corrected chi connectivity index (χ1v) is 55.1. The van der Waals surface area contributed by atoms with Gasteiger partial charge >= 0.3 is 0 Å². The fourth-order valence-corrected chi connectivity index (χ4v) is 18.9. The molecule has 0 saturated carbocycles. The quantitative estimate of drug-likeness (QED) is 0.0460. The number of β-amino-alcohol motifs (C(OH)–C–C–N with tert-alkyl or cyclic N) is 1. The van der Waals surface area contributed by atoms with E-state index in [1.807, 2.05) is 306 Å². The molecule has 13 nitrogen and oxygen atoms in total. The molecule has 0 radical (unpaired) electrons. The van der Waals surface area contributed by atoms with Gasteiger partial charge in [0.05, 0.1) is 46.3 Å². The number of ketones is 2. The van der Waals surface area contributed by atoms with E-state index in [0.717, 1.165) is 143 Å². The first-order valence-electron chi connectivity index (χ1n) is 54.3. The van der Waals surface area contributed by atoms with Crippen molar-refractivity contribution in [3.05, 3.63) is 472 Å². The SMILES string of the molecule is Brc1ccccc1.CC.CC.CC.CC.CC.CC.CC.CC.CC.Cc1ccc(O)cc1.O=C1CCCc2cc(CO)ccc21.O=C1c2ccc(CO)cc2CCC1c1ccccc1.OCCN1CC(CF)C1.OCc1ccc2c(c1)CCC(c1ccccc1)=C2c1ccc(O)cc1.OCc1ccc2c(c1)CC[C@@H](c1ccccc1)[C@H]2c1ccc(O)cc1.OCc1ccc2c(c1)CC[C@H](c1ccccc1)[C@@H]2c1ccc(O)cc1. The van der Waals surface area contributed by atoms with Crippen molar-refractivity contribution in [1.82, 2.24) is 4.90 Å². The zero-order valence-electron chi connectivity index (χ0n) is 92.1. The van der Waals surface area contributed by atoms with Gasteiger partial charge in [0.25, 0.3) is 0 Å². The summed E-state index contributed by atoms with van der Waals surface area (Å²) in [7, 11) is 0. The zero-order chi connectivity index (χ0) is 110. The number of nitrogens with zero attached hydrogens (tertiary/aromatic N) is 1. The second-order valence-corrected chi connectivity index (χ2v) is 35.0. The number of rotatable bonds is 15. The van der Waals surface area contributed by atoms with Gasteiger partial charge in [0.1, 0.15) is 23.0 Å². The molecule has 1 heterocycles. The van der Waals surface area contributed by atoms with Crippen LogP contribution in [-0.2, 0) is 65.1 Å². The van der Waals surface area contributed by atoms with Crippen LogP contribution in [-0.4, -0.2) is 100 Å². The summed E-state index contributed by atoms with van der Waals surface area (Å²) in [6.07, 6.45) is 10.5.